The number of carbonyl (C=O) groups excluding carboxylic acids is 1. The topological polar surface area (TPSA) is 75.3 Å². The molecule has 2 heterocycles. The van der Waals surface area contributed by atoms with Gasteiger partial charge in [-0.15, -0.1) is 22.7 Å². The summed E-state index contributed by atoms with van der Waals surface area (Å²) in [6.07, 6.45) is 0.267. The van der Waals surface area contributed by atoms with Gasteiger partial charge < -0.3 is 5.32 Å². The average Bonchev–Trinajstić information content (AvgIpc) is 3.31. The normalized spacial score (nSPS) is 12.6. The van der Waals surface area contributed by atoms with Crippen molar-refractivity contribution in [2.75, 3.05) is 0 Å². The van der Waals surface area contributed by atoms with Crippen molar-refractivity contribution >= 4 is 54.5 Å². The number of sulfonamides is 1. The first kappa shape index (κ1) is 20.2. The number of thiophene rings is 2. The van der Waals surface area contributed by atoms with Gasteiger partial charge in [-0.2, -0.15) is 4.72 Å². The number of hydrogen-bond acceptors (Lipinski definition) is 5. The molecule has 3 rings (SSSR count). The summed E-state index contributed by atoms with van der Waals surface area (Å²) in [4.78, 5) is 13.7. The second-order valence-electron chi connectivity index (χ2n) is 5.72. The zero-order valence-corrected chi connectivity index (χ0v) is 18.1. The molecule has 1 aromatic carbocycles. The molecule has 0 aliphatic heterocycles. The monoisotopic (exact) mass is 484 g/mol. The molecular weight excluding hydrogens is 468 g/mol. The molecule has 27 heavy (non-hydrogen) atoms. The molecule has 1 atom stereocenters. The maximum absolute atomic E-state index is 12.7. The summed E-state index contributed by atoms with van der Waals surface area (Å²) in [5.41, 5.74) is 0.879. The Kier molecular flexibility index (Phi) is 6.83. The van der Waals surface area contributed by atoms with Crippen molar-refractivity contribution in [3.05, 3.63) is 74.2 Å². The van der Waals surface area contributed by atoms with E-state index >= 15 is 0 Å². The van der Waals surface area contributed by atoms with Crippen LogP contribution in [0, 0.1) is 0 Å². The van der Waals surface area contributed by atoms with Gasteiger partial charge in [-0.05, 0) is 51.5 Å². The van der Waals surface area contributed by atoms with Gasteiger partial charge in [-0.25, -0.2) is 8.42 Å². The summed E-state index contributed by atoms with van der Waals surface area (Å²) in [5, 5.41) is 4.75. The highest BCUT2D eigenvalue weighted by molar-refractivity contribution is 9.11. The van der Waals surface area contributed by atoms with Crippen molar-refractivity contribution in [1.82, 2.24) is 10.0 Å². The van der Waals surface area contributed by atoms with Crippen molar-refractivity contribution in [1.29, 1.82) is 0 Å². The summed E-state index contributed by atoms with van der Waals surface area (Å²) >= 11 is 5.91. The molecule has 2 aromatic heterocycles. The molecular formula is C18H17BrN2O3S3. The van der Waals surface area contributed by atoms with Crippen LogP contribution in [-0.4, -0.2) is 20.4 Å². The van der Waals surface area contributed by atoms with E-state index in [9.17, 15) is 13.2 Å². The van der Waals surface area contributed by atoms with Crippen LogP contribution >= 0.6 is 38.6 Å². The van der Waals surface area contributed by atoms with E-state index in [2.05, 4.69) is 26.0 Å². The Bertz CT molecular complexity index is 986. The van der Waals surface area contributed by atoms with Gasteiger partial charge in [0.2, 0.25) is 5.91 Å². The largest absolute Gasteiger partial charge is 0.350 e. The first-order valence-corrected chi connectivity index (χ1v) is 12.0. The van der Waals surface area contributed by atoms with Crippen LogP contribution in [0.15, 0.2) is 68.0 Å². The van der Waals surface area contributed by atoms with E-state index in [1.807, 2.05) is 47.8 Å². The molecule has 9 heteroatoms. The standard InChI is InChI=1S/C18H17BrN2O3S3/c19-16-8-9-17(26-16)27(23,24)21-15(11-13-5-2-1-3-6-13)18(22)20-12-14-7-4-10-25-14/h1-10,15,21H,11-12H2,(H,20,22). The minimum absolute atomic E-state index is 0.165. The molecule has 0 saturated heterocycles. The summed E-state index contributed by atoms with van der Waals surface area (Å²) < 4.78 is 28.8. The van der Waals surface area contributed by atoms with E-state index in [-0.39, 0.29) is 16.5 Å². The Morgan fingerprint density at radius 3 is 2.48 bits per heavy atom. The minimum Gasteiger partial charge on any atom is -0.350 e. The summed E-state index contributed by atoms with van der Waals surface area (Å²) in [6.45, 7) is 0.369. The van der Waals surface area contributed by atoms with Gasteiger partial charge in [0.1, 0.15) is 10.3 Å². The molecule has 0 saturated carbocycles. The van der Waals surface area contributed by atoms with E-state index in [0.29, 0.717) is 10.3 Å². The number of amides is 1. The fraction of sp³-hybridized carbons (Fsp3) is 0.167. The third-order valence-electron chi connectivity index (χ3n) is 3.73. The maximum atomic E-state index is 12.7. The van der Waals surface area contributed by atoms with Crippen molar-refractivity contribution < 1.29 is 13.2 Å². The van der Waals surface area contributed by atoms with Crippen molar-refractivity contribution in [2.24, 2.45) is 0 Å². The summed E-state index contributed by atoms with van der Waals surface area (Å²) in [7, 11) is -3.80. The SMILES string of the molecule is O=C(NCc1cccs1)C(Cc1ccccc1)NS(=O)(=O)c1ccc(Br)s1. The Morgan fingerprint density at radius 1 is 1.07 bits per heavy atom. The lowest BCUT2D eigenvalue weighted by Gasteiger charge is -2.18. The molecule has 0 bridgehead atoms. The molecule has 3 aromatic rings. The zero-order valence-electron chi connectivity index (χ0n) is 14.1. The van der Waals surface area contributed by atoms with E-state index in [1.54, 1.807) is 6.07 Å². The molecule has 0 fully saturated rings. The predicted octanol–water partition coefficient (Wildman–Crippen LogP) is 3.78. The number of nitrogens with one attached hydrogen (secondary N) is 2. The van der Waals surface area contributed by atoms with Crippen LogP contribution in [0.5, 0.6) is 0 Å². The summed E-state index contributed by atoms with van der Waals surface area (Å²) in [6, 6.07) is 15.5. The lowest BCUT2D eigenvalue weighted by atomic mass is 10.1. The fourth-order valence-corrected chi connectivity index (χ4v) is 6.30. The van der Waals surface area contributed by atoms with Gasteiger partial charge >= 0.3 is 0 Å². The third kappa shape index (κ3) is 5.73. The molecule has 0 radical (unpaired) electrons. The smallest absolute Gasteiger partial charge is 0.250 e. The molecule has 1 amide bonds. The van der Waals surface area contributed by atoms with Crippen LogP contribution in [0.3, 0.4) is 0 Å². The Balaban J connectivity index is 1.77. The lowest BCUT2D eigenvalue weighted by Crippen LogP contribution is -2.47. The zero-order chi connectivity index (χ0) is 19.3. The highest BCUT2D eigenvalue weighted by Crippen LogP contribution is 2.26. The summed E-state index contributed by atoms with van der Waals surface area (Å²) in [5.74, 6) is -0.355. The van der Waals surface area contributed by atoms with E-state index in [1.165, 1.54) is 17.4 Å². The first-order chi connectivity index (χ1) is 12.9. The second kappa shape index (κ2) is 9.11. The molecule has 0 aliphatic rings. The van der Waals surface area contributed by atoms with Gasteiger partial charge in [0, 0.05) is 4.88 Å². The van der Waals surface area contributed by atoms with E-state index in [4.69, 9.17) is 0 Å². The Labute approximate surface area is 174 Å². The molecule has 2 N–H and O–H groups in total. The van der Waals surface area contributed by atoms with Crippen LogP contribution in [0.2, 0.25) is 0 Å². The van der Waals surface area contributed by atoms with Crippen LogP contribution in [0.4, 0.5) is 0 Å². The number of carbonyl (C=O) groups is 1. The quantitative estimate of drug-likeness (QED) is 0.510. The molecule has 142 valence electrons. The highest BCUT2D eigenvalue weighted by Gasteiger charge is 2.27. The van der Waals surface area contributed by atoms with Crippen molar-refractivity contribution in [2.45, 2.75) is 23.2 Å². The molecule has 5 nitrogen and oxygen atoms in total. The first-order valence-electron chi connectivity index (χ1n) is 8.06. The van der Waals surface area contributed by atoms with Crippen molar-refractivity contribution in [3.63, 3.8) is 0 Å². The van der Waals surface area contributed by atoms with Gasteiger partial charge in [0.15, 0.2) is 0 Å². The number of halogens is 1. The molecule has 0 aliphatic carbocycles. The average molecular weight is 485 g/mol. The number of hydrogen-bond donors (Lipinski definition) is 2. The third-order valence-corrected chi connectivity index (χ3v) is 8.19. The second-order valence-corrected chi connectivity index (χ2v) is 11.2. The van der Waals surface area contributed by atoms with Crippen LogP contribution in [-0.2, 0) is 27.8 Å². The highest BCUT2D eigenvalue weighted by atomic mass is 79.9. The lowest BCUT2D eigenvalue weighted by molar-refractivity contribution is -0.122. The van der Waals surface area contributed by atoms with Gasteiger partial charge in [-0.1, -0.05) is 36.4 Å². The van der Waals surface area contributed by atoms with Gasteiger partial charge in [0.05, 0.1) is 10.3 Å². The van der Waals surface area contributed by atoms with E-state index in [0.717, 1.165) is 21.8 Å². The van der Waals surface area contributed by atoms with E-state index < -0.39 is 16.1 Å². The fourth-order valence-electron chi connectivity index (χ4n) is 2.44. The van der Waals surface area contributed by atoms with Crippen LogP contribution < -0.4 is 10.0 Å². The van der Waals surface area contributed by atoms with Crippen molar-refractivity contribution in [3.8, 4) is 0 Å². The van der Waals surface area contributed by atoms with Crippen LogP contribution in [0.25, 0.3) is 0 Å². The maximum Gasteiger partial charge on any atom is 0.250 e. The Morgan fingerprint density at radius 2 is 1.85 bits per heavy atom. The van der Waals surface area contributed by atoms with Gasteiger partial charge in [-0.3, -0.25) is 4.79 Å². The number of rotatable bonds is 8. The van der Waals surface area contributed by atoms with Gasteiger partial charge in [0.25, 0.3) is 10.0 Å². The Hall–Kier alpha value is -1.52. The minimum atomic E-state index is -3.80. The molecule has 1 unspecified atom stereocenters. The predicted molar refractivity (Wildman–Crippen MR) is 112 cm³/mol. The van der Waals surface area contributed by atoms with Crippen LogP contribution in [0.1, 0.15) is 10.4 Å². The number of benzene rings is 1. The molecule has 0 spiro atoms.